The van der Waals surface area contributed by atoms with Gasteiger partial charge in [0.2, 0.25) is 0 Å². The minimum absolute atomic E-state index is 0.0907. The predicted octanol–water partition coefficient (Wildman–Crippen LogP) is 1.75. The molecule has 1 amide bonds. The molecule has 0 fully saturated rings. The minimum Gasteiger partial charge on any atom is -0.467 e. The Balaban J connectivity index is 2.86. The van der Waals surface area contributed by atoms with Crippen LogP contribution in [0.2, 0.25) is 0 Å². The lowest BCUT2D eigenvalue weighted by Crippen LogP contribution is -2.45. The Labute approximate surface area is 105 Å². The van der Waals surface area contributed by atoms with E-state index >= 15 is 0 Å². The smallest absolute Gasteiger partial charge is 0.328 e. The molecule has 0 heterocycles. The average Bonchev–Trinajstić information content (AvgIpc) is 2.35. The van der Waals surface area contributed by atoms with Crippen LogP contribution in [0, 0.1) is 11.7 Å². The molecule has 0 aliphatic rings. The van der Waals surface area contributed by atoms with Crippen LogP contribution >= 0.6 is 0 Å². The first-order valence-corrected chi connectivity index (χ1v) is 5.60. The lowest BCUT2D eigenvalue weighted by Gasteiger charge is -2.19. The van der Waals surface area contributed by atoms with Crippen LogP contribution in [0.5, 0.6) is 0 Å². The van der Waals surface area contributed by atoms with Gasteiger partial charge >= 0.3 is 5.97 Å². The van der Waals surface area contributed by atoms with Crippen molar-refractivity contribution in [2.75, 3.05) is 7.11 Å². The number of esters is 1. The zero-order chi connectivity index (χ0) is 13.7. The Morgan fingerprint density at radius 3 is 2.39 bits per heavy atom. The minimum atomic E-state index is -0.790. The summed E-state index contributed by atoms with van der Waals surface area (Å²) in [4.78, 5) is 23.3. The molecule has 0 radical (unpaired) electrons. The Kier molecular flexibility index (Phi) is 4.83. The monoisotopic (exact) mass is 253 g/mol. The van der Waals surface area contributed by atoms with E-state index in [9.17, 15) is 14.0 Å². The van der Waals surface area contributed by atoms with Crippen molar-refractivity contribution in [1.82, 2.24) is 5.32 Å². The van der Waals surface area contributed by atoms with Crippen molar-refractivity contribution in [2.45, 2.75) is 19.9 Å². The summed E-state index contributed by atoms with van der Waals surface area (Å²) in [6.45, 7) is 3.53. The molecular formula is C13H16FNO3. The van der Waals surface area contributed by atoms with Gasteiger partial charge in [-0.3, -0.25) is 4.79 Å². The van der Waals surface area contributed by atoms with Crippen molar-refractivity contribution in [3.05, 3.63) is 35.6 Å². The molecule has 5 heteroatoms. The Morgan fingerprint density at radius 2 is 1.89 bits per heavy atom. The standard InChI is InChI=1S/C13H16FNO3/c1-8(2)11(13(17)18-3)15-12(16)9-6-4-5-7-10(9)14/h4-8,11H,1-3H3,(H,15,16)/t11-/m0/s1. The van der Waals surface area contributed by atoms with Crippen LogP contribution in [-0.2, 0) is 9.53 Å². The molecule has 0 unspecified atom stereocenters. The molecule has 0 aliphatic heterocycles. The summed E-state index contributed by atoms with van der Waals surface area (Å²) in [5, 5.41) is 2.47. The van der Waals surface area contributed by atoms with Gasteiger partial charge in [-0.15, -0.1) is 0 Å². The Hall–Kier alpha value is -1.91. The van der Waals surface area contributed by atoms with E-state index in [0.717, 1.165) is 0 Å². The molecule has 0 bridgehead atoms. The Morgan fingerprint density at radius 1 is 1.28 bits per heavy atom. The average molecular weight is 253 g/mol. The van der Waals surface area contributed by atoms with Crippen LogP contribution in [0.4, 0.5) is 4.39 Å². The highest BCUT2D eigenvalue weighted by atomic mass is 19.1. The number of ether oxygens (including phenoxy) is 1. The van der Waals surface area contributed by atoms with Crippen molar-refractivity contribution in [1.29, 1.82) is 0 Å². The highest BCUT2D eigenvalue weighted by Gasteiger charge is 2.26. The molecular weight excluding hydrogens is 237 g/mol. The van der Waals surface area contributed by atoms with Gasteiger partial charge in [-0.2, -0.15) is 0 Å². The fraction of sp³-hybridized carbons (Fsp3) is 0.385. The normalized spacial score (nSPS) is 12.1. The highest BCUT2D eigenvalue weighted by Crippen LogP contribution is 2.09. The van der Waals surface area contributed by atoms with Crippen molar-refractivity contribution < 1.29 is 18.7 Å². The number of rotatable bonds is 4. The molecule has 0 spiro atoms. The van der Waals surface area contributed by atoms with Crippen molar-refractivity contribution in [2.24, 2.45) is 5.92 Å². The molecule has 0 saturated heterocycles. The molecule has 1 rings (SSSR count). The van der Waals surface area contributed by atoms with Gasteiger partial charge in [0.05, 0.1) is 12.7 Å². The molecule has 18 heavy (non-hydrogen) atoms. The van der Waals surface area contributed by atoms with E-state index in [2.05, 4.69) is 10.1 Å². The Bertz CT molecular complexity index is 446. The van der Waals surface area contributed by atoms with Crippen LogP contribution in [0.3, 0.4) is 0 Å². The molecule has 98 valence electrons. The molecule has 1 aromatic carbocycles. The maximum absolute atomic E-state index is 13.4. The number of nitrogens with one attached hydrogen (secondary N) is 1. The first kappa shape index (κ1) is 14.2. The van der Waals surface area contributed by atoms with Gasteiger partial charge in [0.15, 0.2) is 0 Å². The molecule has 0 aliphatic carbocycles. The second kappa shape index (κ2) is 6.14. The van der Waals surface area contributed by atoms with Gasteiger partial charge < -0.3 is 10.1 Å². The summed E-state index contributed by atoms with van der Waals surface area (Å²) >= 11 is 0. The van der Waals surface area contributed by atoms with Crippen LogP contribution < -0.4 is 5.32 Å². The SMILES string of the molecule is COC(=O)[C@@H](NC(=O)c1ccccc1F)C(C)C. The van der Waals surface area contributed by atoms with E-state index in [0.29, 0.717) is 0 Å². The van der Waals surface area contributed by atoms with E-state index < -0.39 is 23.7 Å². The fourth-order valence-corrected chi connectivity index (χ4v) is 1.49. The first-order chi connectivity index (χ1) is 8.47. The number of benzene rings is 1. The van der Waals surface area contributed by atoms with Crippen LogP contribution in [0.25, 0.3) is 0 Å². The van der Waals surface area contributed by atoms with E-state index in [4.69, 9.17) is 0 Å². The zero-order valence-corrected chi connectivity index (χ0v) is 10.6. The third-order valence-electron chi connectivity index (χ3n) is 2.53. The second-order valence-corrected chi connectivity index (χ2v) is 4.20. The molecule has 1 aromatic rings. The largest absolute Gasteiger partial charge is 0.467 e. The maximum Gasteiger partial charge on any atom is 0.328 e. The van der Waals surface area contributed by atoms with Gasteiger partial charge in [-0.25, -0.2) is 9.18 Å². The summed E-state index contributed by atoms with van der Waals surface area (Å²) < 4.78 is 18.0. The number of carbonyl (C=O) groups excluding carboxylic acids is 2. The molecule has 1 N–H and O–H groups in total. The molecule has 0 saturated carbocycles. The van der Waals surface area contributed by atoms with E-state index in [1.54, 1.807) is 19.9 Å². The van der Waals surface area contributed by atoms with Crippen LogP contribution in [-0.4, -0.2) is 25.0 Å². The van der Waals surface area contributed by atoms with Crippen molar-refractivity contribution in [3.8, 4) is 0 Å². The second-order valence-electron chi connectivity index (χ2n) is 4.20. The maximum atomic E-state index is 13.4. The van der Waals surface area contributed by atoms with Gasteiger partial charge in [-0.1, -0.05) is 26.0 Å². The van der Waals surface area contributed by atoms with Crippen LogP contribution in [0.1, 0.15) is 24.2 Å². The fourth-order valence-electron chi connectivity index (χ4n) is 1.49. The lowest BCUT2D eigenvalue weighted by molar-refractivity contribution is -0.144. The first-order valence-electron chi connectivity index (χ1n) is 5.60. The molecule has 0 aromatic heterocycles. The summed E-state index contributed by atoms with van der Waals surface area (Å²) in [5.41, 5.74) is -0.0907. The summed E-state index contributed by atoms with van der Waals surface area (Å²) in [6, 6.07) is 4.81. The van der Waals surface area contributed by atoms with E-state index in [1.165, 1.54) is 25.3 Å². The van der Waals surface area contributed by atoms with Gasteiger partial charge in [-0.05, 0) is 18.1 Å². The quantitative estimate of drug-likeness (QED) is 0.832. The number of hydrogen-bond donors (Lipinski definition) is 1. The van der Waals surface area contributed by atoms with Gasteiger partial charge in [0, 0.05) is 0 Å². The van der Waals surface area contributed by atoms with Crippen molar-refractivity contribution in [3.63, 3.8) is 0 Å². The number of hydrogen-bond acceptors (Lipinski definition) is 3. The lowest BCUT2D eigenvalue weighted by atomic mass is 10.0. The van der Waals surface area contributed by atoms with E-state index in [1.807, 2.05) is 0 Å². The number of halogens is 1. The summed E-state index contributed by atoms with van der Waals surface area (Å²) in [7, 11) is 1.24. The number of amides is 1. The summed E-state index contributed by atoms with van der Waals surface area (Å²) in [5.74, 6) is -1.94. The summed E-state index contributed by atoms with van der Waals surface area (Å²) in [6.07, 6.45) is 0. The zero-order valence-electron chi connectivity index (χ0n) is 10.6. The van der Waals surface area contributed by atoms with Crippen LogP contribution in [0.15, 0.2) is 24.3 Å². The number of carbonyl (C=O) groups is 2. The highest BCUT2D eigenvalue weighted by molar-refractivity contribution is 5.97. The van der Waals surface area contributed by atoms with Gasteiger partial charge in [0.25, 0.3) is 5.91 Å². The molecule has 1 atom stereocenters. The number of methoxy groups -OCH3 is 1. The van der Waals surface area contributed by atoms with E-state index in [-0.39, 0.29) is 11.5 Å². The van der Waals surface area contributed by atoms with Crippen molar-refractivity contribution >= 4 is 11.9 Å². The third-order valence-corrected chi connectivity index (χ3v) is 2.53. The van der Waals surface area contributed by atoms with Gasteiger partial charge in [0.1, 0.15) is 11.9 Å². The predicted molar refractivity (Wildman–Crippen MR) is 64.5 cm³/mol. The third kappa shape index (κ3) is 3.29. The topological polar surface area (TPSA) is 55.4 Å². The molecule has 4 nitrogen and oxygen atoms in total.